The first-order valence-electron chi connectivity index (χ1n) is 11.2. The van der Waals surface area contributed by atoms with Crippen LogP contribution in [0.1, 0.15) is 11.1 Å². The smallest absolute Gasteiger partial charge is 0.260 e. The van der Waals surface area contributed by atoms with E-state index in [1.54, 1.807) is 47.4 Å². The van der Waals surface area contributed by atoms with Crippen molar-refractivity contribution < 1.29 is 32.2 Å². The maximum Gasteiger partial charge on any atom is 0.260 e. The summed E-state index contributed by atoms with van der Waals surface area (Å²) >= 11 is 0. The highest BCUT2D eigenvalue weighted by Crippen LogP contribution is 2.30. The van der Waals surface area contributed by atoms with Crippen LogP contribution in [0.4, 0.5) is 5.69 Å². The van der Waals surface area contributed by atoms with Crippen LogP contribution in [0, 0.1) is 6.92 Å². The number of carbonyl (C=O) groups excluding carboxylic acids is 2. The minimum Gasteiger partial charge on any atom is -0.495 e. The number of benzene rings is 2. The Morgan fingerprint density at radius 3 is 2.50 bits per heavy atom. The van der Waals surface area contributed by atoms with Gasteiger partial charge in [0.1, 0.15) is 18.0 Å². The van der Waals surface area contributed by atoms with Gasteiger partial charge in [-0.1, -0.05) is 6.07 Å². The van der Waals surface area contributed by atoms with Gasteiger partial charge in [0, 0.05) is 13.1 Å². The molecule has 0 radical (unpaired) electrons. The number of nitrogens with zero attached hydrogens (tertiary/aromatic N) is 3. The molecule has 1 N–H and O–H groups in total. The molecule has 12 heteroatoms. The topological polar surface area (TPSA) is 127 Å². The summed E-state index contributed by atoms with van der Waals surface area (Å²) in [4.78, 5) is 26.3. The predicted octanol–water partition coefficient (Wildman–Crippen LogP) is 1.16. The van der Waals surface area contributed by atoms with Crippen molar-refractivity contribution in [1.82, 2.24) is 10.3 Å². The molecule has 0 unspecified atom stereocenters. The van der Waals surface area contributed by atoms with Crippen molar-refractivity contribution in [3.8, 4) is 11.5 Å². The predicted molar refractivity (Wildman–Crippen MR) is 135 cm³/mol. The van der Waals surface area contributed by atoms with Crippen LogP contribution in [0.25, 0.3) is 0 Å². The molecule has 0 saturated carbocycles. The van der Waals surface area contributed by atoms with E-state index in [0.717, 1.165) is 16.1 Å². The molecule has 194 valence electrons. The Labute approximate surface area is 210 Å². The molecule has 2 amide bonds. The summed E-state index contributed by atoms with van der Waals surface area (Å²) in [6.07, 6.45) is 2.43. The number of nitrogens with one attached hydrogen (secondary N) is 1. The SMILES string of the molecule is COc1ccc(C)cc1N(CC(=O)N/N=C\c1ccc(OCC(=O)N2CCOCC2)cc1)S(C)(=O)=O. The van der Waals surface area contributed by atoms with Crippen LogP contribution in [0.15, 0.2) is 47.6 Å². The Morgan fingerprint density at radius 2 is 1.86 bits per heavy atom. The Kier molecular flexibility index (Phi) is 9.25. The second-order valence-electron chi connectivity index (χ2n) is 8.09. The van der Waals surface area contributed by atoms with Crippen molar-refractivity contribution in [2.75, 3.05) is 57.1 Å². The molecule has 1 aliphatic heterocycles. The summed E-state index contributed by atoms with van der Waals surface area (Å²) in [5.41, 5.74) is 4.09. The number of hydrazone groups is 1. The van der Waals surface area contributed by atoms with Crippen molar-refractivity contribution in [2.45, 2.75) is 6.92 Å². The molecule has 0 spiro atoms. The number of carbonyl (C=O) groups is 2. The van der Waals surface area contributed by atoms with E-state index >= 15 is 0 Å². The Bertz CT molecular complexity index is 1190. The summed E-state index contributed by atoms with van der Waals surface area (Å²) < 4.78 is 41.7. The minimum atomic E-state index is -3.77. The number of anilines is 1. The third-order valence-corrected chi connectivity index (χ3v) is 6.43. The lowest BCUT2D eigenvalue weighted by Crippen LogP contribution is -2.42. The van der Waals surface area contributed by atoms with E-state index in [2.05, 4.69) is 10.5 Å². The Balaban J connectivity index is 1.54. The number of morpholine rings is 1. The number of sulfonamides is 1. The molecule has 0 bridgehead atoms. The van der Waals surface area contributed by atoms with E-state index in [4.69, 9.17) is 14.2 Å². The van der Waals surface area contributed by atoms with E-state index in [0.29, 0.717) is 43.4 Å². The zero-order chi connectivity index (χ0) is 26.1. The third kappa shape index (κ3) is 7.68. The van der Waals surface area contributed by atoms with Gasteiger partial charge in [-0.05, 0) is 54.4 Å². The lowest BCUT2D eigenvalue weighted by atomic mass is 10.2. The highest BCUT2D eigenvalue weighted by molar-refractivity contribution is 7.92. The number of ether oxygens (including phenoxy) is 3. The molecule has 1 saturated heterocycles. The van der Waals surface area contributed by atoms with Crippen LogP contribution in [-0.4, -0.2) is 84.2 Å². The lowest BCUT2D eigenvalue weighted by molar-refractivity contribution is -0.137. The molecule has 2 aromatic carbocycles. The van der Waals surface area contributed by atoms with Crippen LogP contribution in [0.3, 0.4) is 0 Å². The fraction of sp³-hybridized carbons (Fsp3) is 0.375. The molecule has 1 aliphatic rings. The van der Waals surface area contributed by atoms with Crippen LogP contribution in [0.2, 0.25) is 0 Å². The first kappa shape index (κ1) is 27.0. The highest BCUT2D eigenvalue weighted by atomic mass is 32.2. The molecule has 1 fully saturated rings. The van der Waals surface area contributed by atoms with Crippen molar-refractivity contribution in [1.29, 1.82) is 0 Å². The average Bonchev–Trinajstić information content (AvgIpc) is 2.86. The number of hydrogen-bond acceptors (Lipinski definition) is 8. The highest BCUT2D eigenvalue weighted by Gasteiger charge is 2.24. The molecular formula is C24H30N4O7S. The number of methoxy groups -OCH3 is 1. The molecular weight excluding hydrogens is 488 g/mol. The van der Waals surface area contributed by atoms with Crippen molar-refractivity contribution in [3.63, 3.8) is 0 Å². The van der Waals surface area contributed by atoms with Crippen molar-refractivity contribution in [3.05, 3.63) is 53.6 Å². The van der Waals surface area contributed by atoms with E-state index in [1.807, 2.05) is 6.92 Å². The van der Waals surface area contributed by atoms with Gasteiger partial charge in [0.05, 0.1) is 38.5 Å². The van der Waals surface area contributed by atoms with E-state index in [9.17, 15) is 18.0 Å². The zero-order valence-corrected chi connectivity index (χ0v) is 21.3. The quantitative estimate of drug-likeness (QED) is 0.369. The van der Waals surface area contributed by atoms with E-state index in [-0.39, 0.29) is 18.2 Å². The van der Waals surface area contributed by atoms with Gasteiger partial charge < -0.3 is 19.1 Å². The average molecular weight is 519 g/mol. The van der Waals surface area contributed by atoms with Gasteiger partial charge >= 0.3 is 0 Å². The van der Waals surface area contributed by atoms with Crippen LogP contribution in [0.5, 0.6) is 11.5 Å². The van der Waals surface area contributed by atoms with E-state index < -0.39 is 22.5 Å². The molecule has 0 atom stereocenters. The van der Waals surface area contributed by atoms with Crippen LogP contribution < -0.4 is 19.2 Å². The van der Waals surface area contributed by atoms with Gasteiger partial charge in [0.15, 0.2) is 6.61 Å². The van der Waals surface area contributed by atoms with Crippen molar-refractivity contribution >= 4 is 33.7 Å². The standard InChI is InChI=1S/C24H30N4O7S/c1-18-4-9-22(33-2)21(14-18)28(36(3,31)32)16-23(29)26-25-15-19-5-7-20(8-6-19)35-17-24(30)27-10-12-34-13-11-27/h4-9,14-15H,10-13,16-17H2,1-3H3,(H,26,29)/b25-15-. The number of amides is 2. The maximum absolute atomic E-state index is 12.4. The van der Waals surface area contributed by atoms with Gasteiger partial charge in [-0.2, -0.15) is 5.10 Å². The van der Waals surface area contributed by atoms with Crippen LogP contribution in [-0.2, 0) is 24.3 Å². The third-order valence-electron chi connectivity index (χ3n) is 5.30. The molecule has 1 heterocycles. The largest absolute Gasteiger partial charge is 0.495 e. The normalized spacial score (nSPS) is 13.9. The second kappa shape index (κ2) is 12.4. The van der Waals surface area contributed by atoms with Crippen LogP contribution >= 0.6 is 0 Å². The Morgan fingerprint density at radius 1 is 1.17 bits per heavy atom. The number of rotatable bonds is 10. The van der Waals surface area contributed by atoms with Gasteiger partial charge in [-0.3, -0.25) is 13.9 Å². The monoisotopic (exact) mass is 518 g/mol. The summed E-state index contributed by atoms with van der Waals surface area (Å²) in [5.74, 6) is 0.129. The molecule has 11 nitrogen and oxygen atoms in total. The van der Waals surface area contributed by atoms with E-state index in [1.165, 1.54) is 13.3 Å². The fourth-order valence-electron chi connectivity index (χ4n) is 3.42. The van der Waals surface area contributed by atoms with Gasteiger partial charge in [-0.15, -0.1) is 0 Å². The van der Waals surface area contributed by atoms with Gasteiger partial charge in [0.2, 0.25) is 10.0 Å². The minimum absolute atomic E-state index is 0.0634. The second-order valence-corrected chi connectivity index (χ2v) is 10.00. The fourth-order valence-corrected chi connectivity index (χ4v) is 4.27. The molecule has 0 aliphatic carbocycles. The maximum atomic E-state index is 12.4. The first-order valence-corrected chi connectivity index (χ1v) is 13.0. The summed E-state index contributed by atoms with van der Waals surface area (Å²) in [6, 6.07) is 11.9. The van der Waals surface area contributed by atoms with Gasteiger partial charge in [0.25, 0.3) is 11.8 Å². The Hall–Kier alpha value is -3.64. The summed E-state index contributed by atoms with van der Waals surface area (Å²) in [6.45, 7) is 3.46. The molecule has 2 aromatic rings. The molecule has 36 heavy (non-hydrogen) atoms. The van der Waals surface area contributed by atoms with Gasteiger partial charge in [-0.25, -0.2) is 13.8 Å². The zero-order valence-electron chi connectivity index (χ0n) is 20.5. The first-order chi connectivity index (χ1) is 17.2. The molecule has 3 rings (SSSR count). The number of aryl methyl sites for hydroxylation is 1. The number of hydrogen-bond donors (Lipinski definition) is 1. The summed E-state index contributed by atoms with van der Waals surface area (Å²) in [5, 5.41) is 3.90. The molecule has 0 aromatic heterocycles. The van der Waals surface area contributed by atoms with Crippen molar-refractivity contribution in [2.24, 2.45) is 5.10 Å². The summed E-state index contributed by atoms with van der Waals surface area (Å²) in [7, 11) is -2.34. The lowest BCUT2D eigenvalue weighted by Gasteiger charge is -2.26.